The molecular formula is C24H19F6IN8O2. The van der Waals surface area contributed by atoms with Gasteiger partial charge in [-0.2, -0.15) is 36.2 Å². The number of anilines is 1. The first-order valence-electron chi connectivity index (χ1n) is 11.5. The standard InChI is InChI=1S/C24H19F6IN8O2/c1-11-5-4-6-33-20(11)39-16(22(41)34-17-12(2)7-13(31)8-15(17)21(40)32-3)9-14(35-39)10-38-36-18(23(25,26)27)19(37-38)24(28,29)30/h4-9H,10H2,1-3H3,(H,32,40)(H,34,41). The summed E-state index contributed by atoms with van der Waals surface area (Å²) in [6, 6.07) is 7.74. The van der Waals surface area contributed by atoms with Crippen molar-refractivity contribution in [1.82, 2.24) is 35.1 Å². The lowest BCUT2D eigenvalue weighted by Crippen LogP contribution is -2.24. The van der Waals surface area contributed by atoms with Crippen LogP contribution in [0.5, 0.6) is 0 Å². The maximum Gasteiger partial charge on any atom is 0.437 e. The summed E-state index contributed by atoms with van der Waals surface area (Å²) in [7, 11) is 1.42. The van der Waals surface area contributed by atoms with Gasteiger partial charge < -0.3 is 10.6 Å². The predicted molar refractivity (Wildman–Crippen MR) is 140 cm³/mol. The van der Waals surface area contributed by atoms with Gasteiger partial charge in [0.2, 0.25) is 0 Å². The van der Waals surface area contributed by atoms with Crippen molar-refractivity contribution in [2.24, 2.45) is 0 Å². The number of alkyl halides is 6. The van der Waals surface area contributed by atoms with Gasteiger partial charge in [0.25, 0.3) is 11.8 Å². The molecule has 0 unspecified atom stereocenters. The molecule has 0 aliphatic carbocycles. The Labute approximate surface area is 241 Å². The normalized spacial score (nSPS) is 12.0. The number of aromatic nitrogens is 6. The highest BCUT2D eigenvalue weighted by atomic mass is 127. The number of rotatable bonds is 6. The van der Waals surface area contributed by atoms with Gasteiger partial charge in [-0.1, -0.05) is 6.07 Å². The fraction of sp³-hybridized carbons (Fsp3) is 0.250. The van der Waals surface area contributed by atoms with Crippen LogP contribution >= 0.6 is 22.6 Å². The molecule has 1 aromatic carbocycles. The zero-order valence-electron chi connectivity index (χ0n) is 21.3. The number of amides is 2. The van der Waals surface area contributed by atoms with E-state index in [1.807, 2.05) is 22.6 Å². The number of hydrogen-bond acceptors (Lipinski definition) is 6. The van der Waals surface area contributed by atoms with Crippen LogP contribution in [0.1, 0.15) is 49.1 Å². The van der Waals surface area contributed by atoms with E-state index in [0.717, 1.165) is 14.3 Å². The second-order valence-electron chi connectivity index (χ2n) is 8.68. The Hall–Kier alpha value is -4.03. The second-order valence-corrected chi connectivity index (χ2v) is 9.92. The molecule has 0 bridgehead atoms. The van der Waals surface area contributed by atoms with Gasteiger partial charge in [0, 0.05) is 16.8 Å². The van der Waals surface area contributed by atoms with Crippen LogP contribution in [0, 0.1) is 17.4 Å². The molecule has 4 rings (SSSR count). The molecule has 17 heteroatoms. The third kappa shape index (κ3) is 6.33. The van der Waals surface area contributed by atoms with E-state index in [0.29, 0.717) is 11.1 Å². The number of hydrogen-bond donors (Lipinski definition) is 2. The van der Waals surface area contributed by atoms with Crippen molar-refractivity contribution in [3.8, 4) is 5.82 Å². The quantitative estimate of drug-likeness (QED) is 0.222. The first-order chi connectivity index (χ1) is 19.1. The number of carbonyl (C=O) groups excluding carboxylic acids is 2. The molecule has 0 radical (unpaired) electrons. The molecule has 4 aromatic rings. The van der Waals surface area contributed by atoms with Crippen LogP contribution in [-0.2, 0) is 18.9 Å². The Morgan fingerprint density at radius 3 is 2.12 bits per heavy atom. The minimum absolute atomic E-state index is 0.136. The summed E-state index contributed by atoms with van der Waals surface area (Å²) in [6.07, 6.45) is -9.41. The fourth-order valence-corrected chi connectivity index (χ4v) is 4.65. The minimum atomic E-state index is -5.41. The SMILES string of the molecule is CNC(=O)c1cc(I)cc(C)c1NC(=O)c1cc(Cn2nc(C(F)(F)F)c(C(F)(F)F)n2)nn1-c1ncccc1C. The van der Waals surface area contributed by atoms with Crippen molar-refractivity contribution in [2.75, 3.05) is 12.4 Å². The maximum absolute atomic E-state index is 13.5. The third-order valence-corrected chi connectivity index (χ3v) is 6.30. The van der Waals surface area contributed by atoms with E-state index in [-0.39, 0.29) is 33.3 Å². The molecule has 2 amide bonds. The van der Waals surface area contributed by atoms with Crippen molar-refractivity contribution >= 4 is 40.1 Å². The zero-order valence-corrected chi connectivity index (χ0v) is 23.5. The van der Waals surface area contributed by atoms with E-state index in [2.05, 4.69) is 30.9 Å². The zero-order chi connectivity index (χ0) is 30.3. The van der Waals surface area contributed by atoms with Crippen LogP contribution in [0.3, 0.4) is 0 Å². The van der Waals surface area contributed by atoms with Crippen LogP contribution < -0.4 is 10.6 Å². The summed E-state index contributed by atoms with van der Waals surface area (Å²) < 4.78 is 81.2. The first kappa shape index (κ1) is 29.9. The number of aryl methyl sites for hydroxylation is 2. The van der Waals surface area contributed by atoms with Crippen LogP contribution in [0.25, 0.3) is 5.82 Å². The highest BCUT2D eigenvalue weighted by Gasteiger charge is 2.48. The van der Waals surface area contributed by atoms with Gasteiger partial charge in [-0.25, -0.2) is 9.67 Å². The Bertz CT molecular complexity index is 1610. The second kappa shape index (κ2) is 11.1. The minimum Gasteiger partial charge on any atom is -0.355 e. The van der Waals surface area contributed by atoms with Gasteiger partial charge in [-0.3, -0.25) is 9.59 Å². The summed E-state index contributed by atoms with van der Waals surface area (Å²) in [5.41, 5.74) is -3.21. The average Bonchev–Trinajstić information content (AvgIpc) is 3.50. The van der Waals surface area contributed by atoms with Gasteiger partial charge in [0.15, 0.2) is 17.2 Å². The summed E-state index contributed by atoms with van der Waals surface area (Å²) >= 11 is 2.02. The van der Waals surface area contributed by atoms with Crippen molar-refractivity contribution in [3.63, 3.8) is 0 Å². The fourth-order valence-electron chi connectivity index (χ4n) is 3.88. The summed E-state index contributed by atoms with van der Waals surface area (Å²) in [6.45, 7) is 2.61. The van der Waals surface area contributed by atoms with Crippen LogP contribution in [0.2, 0.25) is 0 Å². The van der Waals surface area contributed by atoms with E-state index in [1.165, 1.54) is 13.2 Å². The smallest absolute Gasteiger partial charge is 0.355 e. The Morgan fingerprint density at radius 1 is 0.927 bits per heavy atom. The Kier molecular flexibility index (Phi) is 8.10. The van der Waals surface area contributed by atoms with E-state index in [4.69, 9.17) is 0 Å². The first-order valence-corrected chi connectivity index (χ1v) is 12.6. The van der Waals surface area contributed by atoms with Crippen LogP contribution in [0.4, 0.5) is 32.0 Å². The number of benzene rings is 1. The third-order valence-electron chi connectivity index (χ3n) is 5.68. The Balaban J connectivity index is 1.79. The highest BCUT2D eigenvalue weighted by molar-refractivity contribution is 14.1. The van der Waals surface area contributed by atoms with E-state index >= 15 is 0 Å². The molecule has 3 heterocycles. The van der Waals surface area contributed by atoms with Gasteiger partial charge in [0.05, 0.1) is 16.9 Å². The van der Waals surface area contributed by atoms with E-state index < -0.39 is 42.1 Å². The van der Waals surface area contributed by atoms with Gasteiger partial charge in [0.1, 0.15) is 12.2 Å². The van der Waals surface area contributed by atoms with Gasteiger partial charge in [-0.15, -0.1) is 10.2 Å². The summed E-state index contributed by atoms with van der Waals surface area (Å²) in [5.74, 6) is -1.07. The van der Waals surface area contributed by atoms with Crippen molar-refractivity contribution in [3.05, 3.63) is 79.6 Å². The topological polar surface area (TPSA) is 120 Å². The average molecular weight is 692 g/mol. The van der Waals surface area contributed by atoms with Crippen molar-refractivity contribution < 1.29 is 35.9 Å². The van der Waals surface area contributed by atoms with Crippen LogP contribution in [0.15, 0.2) is 36.5 Å². The molecule has 3 aromatic heterocycles. The number of carbonyl (C=O) groups is 2. The van der Waals surface area contributed by atoms with E-state index in [9.17, 15) is 35.9 Å². The molecule has 41 heavy (non-hydrogen) atoms. The molecule has 216 valence electrons. The van der Waals surface area contributed by atoms with Crippen molar-refractivity contribution in [1.29, 1.82) is 0 Å². The molecule has 0 aliphatic heterocycles. The number of pyridine rings is 1. The summed E-state index contributed by atoms with van der Waals surface area (Å²) in [4.78, 5) is 30.5. The maximum atomic E-state index is 13.5. The molecule has 10 nitrogen and oxygen atoms in total. The van der Waals surface area contributed by atoms with E-state index in [1.54, 1.807) is 38.1 Å². The van der Waals surface area contributed by atoms with Crippen molar-refractivity contribution in [2.45, 2.75) is 32.7 Å². The lowest BCUT2D eigenvalue weighted by atomic mass is 10.1. The lowest BCUT2D eigenvalue weighted by Gasteiger charge is -2.15. The molecule has 0 aliphatic rings. The lowest BCUT2D eigenvalue weighted by molar-refractivity contribution is -0.165. The summed E-state index contributed by atoms with van der Waals surface area (Å²) in [5, 5.41) is 15.4. The van der Waals surface area contributed by atoms with Gasteiger partial charge >= 0.3 is 12.4 Å². The monoisotopic (exact) mass is 692 g/mol. The molecule has 2 N–H and O–H groups in total. The van der Waals surface area contributed by atoms with Gasteiger partial charge in [-0.05, 0) is 71.8 Å². The largest absolute Gasteiger partial charge is 0.437 e. The number of halogens is 7. The predicted octanol–water partition coefficient (Wildman–Crippen LogP) is 4.78. The highest BCUT2D eigenvalue weighted by Crippen LogP contribution is 2.38. The van der Waals surface area contributed by atoms with Crippen LogP contribution in [-0.4, -0.2) is 48.6 Å². The molecule has 0 saturated carbocycles. The molecule has 0 saturated heterocycles. The number of nitrogens with one attached hydrogen (secondary N) is 2. The number of nitrogens with zero attached hydrogens (tertiary/aromatic N) is 6. The molecule has 0 spiro atoms. The Morgan fingerprint density at radius 2 is 1.56 bits per heavy atom. The molecule has 0 fully saturated rings. The molecule has 0 atom stereocenters. The molecular weight excluding hydrogens is 673 g/mol.